The fourth-order valence-corrected chi connectivity index (χ4v) is 2.29. The van der Waals surface area contributed by atoms with Crippen LogP contribution in [-0.2, 0) is 0 Å². The average Bonchev–Trinajstić information content (AvgIpc) is 2.94. The lowest BCUT2D eigenvalue weighted by atomic mass is 10.1. The van der Waals surface area contributed by atoms with Crippen LogP contribution in [0.15, 0.2) is 72.8 Å². The first-order valence-electron chi connectivity index (χ1n) is 6.33. The number of rotatable bonds is 3. The standard InChI is InChI=1S/C17H13NO2/c19-17(20)16-12-11-15(13-7-3-1-4-8-13)18(16)14-9-5-2-6-10-14/h1-12H,(H,19,20). The zero-order chi connectivity index (χ0) is 13.9. The number of para-hydroxylation sites is 1. The minimum atomic E-state index is -0.934. The van der Waals surface area contributed by atoms with Crippen LogP contribution in [0.4, 0.5) is 0 Å². The zero-order valence-electron chi connectivity index (χ0n) is 10.7. The fraction of sp³-hybridized carbons (Fsp3) is 0. The van der Waals surface area contributed by atoms with Crippen molar-refractivity contribution in [1.29, 1.82) is 0 Å². The third-order valence-corrected chi connectivity index (χ3v) is 3.18. The lowest BCUT2D eigenvalue weighted by Gasteiger charge is -2.11. The topological polar surface area (TPSA) is 42.2 Å². The van der Waals surface area contributed by atoms with Crippen LogP contribution in [0.3, 0.4) is 0 Å². The third kappa shape index (κ3) is 2.10. The van der Waals surface area contributed by atoms with Crippen molar-refractivity contribution < 1.29 is 9.90 Å². The number of hydrogen-bond acceptors (Lipinski definition) is 1. The molecule has 3 rings (SSSR count). The number of carboxylic acid groups (broad SMARTS) is 1. The molecule has 0 aliphatic rings. The van der Waals surface area contributed by atoms with Crippen LogP contribution < -0.4 is 0 Å². The molecule has 0 radical (unpaired) electrons. The molecule has 20 heavy (non-hydrogen) atoms. The van der Waals surface area contributed by atoms with Crippen molar-refractivity contribution >= 4 is 5.97 Å². The maximum Gasteiger partial charge on any atom is 0.352 e. The van der Waals surface area contributed by atoms with Gasteiger partial charge in [-0.15, -0.1) is 0 Å². The largest absolute Gasteiger partial charge is 0.477 e. The number of carboxylic acids is 1. The second-order valence-electron chi connectivity index (χ2n) is 4.45. The van der Waals surface area contributed by atoms with Crippen LogP contribution in [0.5, 0.6) is 0 Å². The molecule has 0 aliphatic carbocycles. The number of aromatic nitrogens is 1. The van der Waals surface area contributed by atoms with Gasteiger partial charge in [0.2, 0.25) is 0 Å². The van der Waals surface area contributed by atoms with E-state index in [1.165, 1.54) is 0 Å². The molecule has 1 aromatic heterocycles. The second kappa shape index (κ2) is 5.05. The number of hydrogen-bond donors (Lipinski definition) is 1. The van der Waals surface area contributed by atoms with Crippen molar-refractivity contribution in [1.82, 2.24) is 4.57 Å². The van der Waals surface area contributed by atoms with E-state index in [4.69, 9.17) is 0 Å². The highest BCUT2D eigenvalue weighted by Crippen LogP contribution is 2.26. The summed E-state index contributed by atoms with van der Waals surface area (Å²) in [5, 5.41) is 9.37. The van der Waals surface area contributed by atoms with Crippen molar-refractivity contribution in [2.75, 3.05) is 0 Å². The van der Waals surface area contributed by atoms with E-state index in [9.17, 15) is 9.90 Å². The van der Waals surface area contributed by atoms with Gasteiger partial charge in [0, 0.05) is 5.69 Å². The highest BCUT2D eigenvalue weighted by Gasteiger charge is 2.16. The van der Waals surface area contributed by atoms with Gasteiger partial charge in [0.1, 0.15) is 5.69 Å². The van der Waals surface area contributed by atoms with Crippen LogP contribution in [-0.4, -0.2) is 15.6 Å². The number of aromatic carboxylic acids is 1. The minimum Gasteiger partial charge on any atom is -0.477 e. The van der Waals surface area contributed by atoms with Crippen LogP contribution in [0.25, 0.3) is 16.9 Å². The summed E-state index contributed by atoms with van der Waals surface area (Å²) in [5.41, 5.74) is 2.96. The van der Waals surface area contributed by atoms with E-state index in [0.29, 0.717) is 0 Å². The maximum atomic E-state index is 11.4. The third-order valence-electron chi connectivity index (χ3n) is 3.18. The molecule has 98 valence electrons. The number of nitrogens with zero attached hydrogens (tertiary/aromatic N) is 1. The van der Waals surface area contributed by atoms with E-state index in [1.807, 2.05) is 66.7 Å². The normalized spacial score (nSPS) is 10.4. The summed E-state index contributed by atoms with van der Waals surface area (Å²) in [7, 11) is 0. The zero-order valence-corrected chi connectivity index (χ0v) is 10.7. The van der Waals surface area contributed by atoms with Gasteiger partial charge in [0.05, 0.1) is 5.69 Å². The average molecular weight is 263 g/mol. The molecule has 0 atom stereocenters. The molecule has 1 heterocycles. The molecule has 0 bridgehead atoms. The number of benzene rings is 2. The van der Waals surface area contributed by atoms with E-state index in [0.717, 1.165) is 16.9 Å². The van der Waals surface area contributed by atoms with Crippen molar-refractivity contribution in [3.05, 3.63) is 78.5 Å². The summed E-state index contributed by atoms with van der Waals surface area (Å²) in [6.45, 7) is 0. The van der Waals surface area contributed by atoms with Gasteiger partial charge in [-0.05, 0) is 29.8 Å². The van der Waals surface area contributed by atoms with Gasteiger partial charge >= 0.3 is 5.97 Å². The summed E-state index contributed by atoms with van der Waals surface area (Å²) >= 11 is 0. The predicted molar refractivity (Wildman–Crippen MR) is 78.2 cm³/mol. The number of carbonyl (C=O) groups is 1. The molecule has 3 aromatic rings. The molecule has 0 aliphatic heterocycles. The Morgan fingerprint density at radius 2 is 1.40 bits per heavy atom. The molecule has 0 saturated carbocycles. The minimum absolute atomic E-state index is 0.259. The Balaban J connectivity index is 2.25. The summed E-state index contributed by atoms with van der Waals surface area (Å²) in [6.07, 6.45) is 0. The van der Waals surface area contributed by atoms with Gasteiger partial charge in [-0.25, -0.2) is 4.79 Å². The summed E-state index contributed by atoms with van der Waals surface area (Å²) in [6, 6.07) is 22.8. The molecular formula is C17H13NO2. The first-order chi connectivity index (χ1) is 9.77. The van der Waals surface area contributed by atoms with Crippen molar-refractivity contribution in [2.24, 2.45) is 0 Å². The van der Waals surface area contributed by atoms with Gasteiger partial charge in [-0.1, -0.05) is 48.5 Å². The lowest BCUT2D eigenvalue weighted by Crippen LogP contribution is -2.07. The van der Waals surface area contributed by atoms with Gasteiger partial charge in [-0.2, -0.15) is 0 Å². The SMILES string of the molecule is O=C(O)c1ccc(-c2ccccc2)n1-c1ccccc1. The highest BCUT2D eigenvalue weighted by molar-refractivity contribution is 5.88. The molecule has 0 fully saturated rings. The second-order valence-corrected chi connectivity index (χ2v) is 4.45. The van der Waals surface area contributed by atoms with Crippen molar-refractivity contribution in [2.45, 2.75) is 0 Å². The molecule has 3 heteroatoms. The molecule has 0 amide bonds. The summed E-state index contributed by atoms with van der Waals surface area (Å²) in [4.78, 5) is 11.4. The van der Waals surface area contributed by atoms with E-state index in [-0.39, 0.29) is 5.69 Å². The van der Waals surface area contributed by atoms with E-state index in [1.54, 1.807) is 10.6 Å². The van der Waals surface area contributed by atoms with Crippen LogP contribution in [0.2, 0.25) is 0 Å². The van der Waals surface area contributed by atoms with Gasteiger partial charge in [0.25, 0.3) is 0 Å². The molecule has 0 saturated heterocycles. The fourth-order valence-electron chi connectivity index (χ4n) is 2.29. The molecule has 3 nitrogen and oxygen atoms in total. The Kier molecular flexibility index (Phi) is 3.09. The Morgan fingerprint density at radius 3 is 2.00 bits per heavy atom. The van der Waals surface area contributed by atoms with Gasteiger partial charge in [0.15, 0.2) is 0 Å². The molecule has 2 aromatic carbocycles. The first-order valence-corrected chi connectivity index (χ1v) is 6.33. The van der Waals surface area contributed by atoms with Gasteiger partial charge in [-0.3, -0.25) is 0 Å². The van der Waals surface area contributed by atoms with Crippen LogP contribution in [0, 0.1) is 0 Å². The summed E-state index contributed by atoms with van der Waals surface area (Å²) in [5.74, 6) is -0.934. The Labute approximate surface area is 116 Å². The molecule has 1 N–H and O–H groups in total. The lowest BCUT2D eigenvalue weighted by molar-refractivity contribution is 0.0688. The van der Waals surface area contributed by atoms with E-state index < -0.39 is 5.97 Å². The molecular weight excluding hydrogens is 250 g/mol. The maximum absolute atomic E-state index is 11.4. The van der Waals surface area contributed by atoms with E-state index >= 15 is 0 Å². The highest BCUT2D eigenvalue weighted by atomic mass is 16.4. The Bertz CT molecular complexity index is 730. The van der Waals surface area contributed by atoms with Crippen LogP contribution in [0.1, 0.15) is 10.5 Å². The first kappa shape index (κ1) is 12.2. The Hall–Kier alpha value is -2.81. The van der Waals surface area contributed by atoms with Gasteiger partial charge < -0.3 is 9.67 Å². The molecule has 0 unspecified atom stereocenters. The molecule has 0 spiro atoms. The quantitative estimate of drug-likeness (QED) is 0.780. The predicted octanol–water partition coefficient (Wildman–Crippen LogP) is 3.84. The monoisotopic (exact) mass is 263 g/mol. The Morgan fingerprint density at radius 1 is 0.800 bits per heavy atom. The van der Waals surface area contributed by atoms with Crippen LogP contribution >= 0.6 is 0 Å². The van der Waals surface area contributed by atoms with E-state index in [2.05, 4.69) is 0 Å². The smallest absolute Gasteiger partial charge is 0.352 e. The van der Waals surface area contributed by atoms with Crippen molar-refractivity contribution in [3.8, 4) is 16.9 Å². The summed E-state index contributed by atoms with van der Waals surface area (Å²) < 4.78 is 1.76. The van der Waals surface area contributed by atoms with Crippen molar-refractivity contribution in [3.63, 3.8) is 0 Å².